The van der Waals surface area contributed by atoms with Crippen LogP contribution in [-0.2, 0) is 9.63 Å². The van der Waals surface area contributed by atoms with Gasteiger partial charge < -0.3 is 19.4 Å². The minimum atomic E-state index is -1.08. The largest absolute Gasteiger partial charge is 0.493 e. The summed E-state index contributed by atoms with van der Waals surface area (Å²) in [5, 5.41) is 11.9. The normalized spacial score (nSPS) is 10.5. The molecule has 0 fully saturated rings. The fraction of sp³-hybridized carbons (Fsp3) is 0.333. The fourth-order valence-electron chi connectivity index (χ4n) is 1.29. The molecule has 0 spiro atoms. The van der Waals surface area contributed by atoms with Crippen molar-refractivity contribution in [3.63, 3.8) is 0 Å². The van der Waals surface area contributed by atoms with Crippen molar-refractivity contribution >= 4 is 28.1 Å². The third kappa shape index (κ3) is 4.78. The molecule has 0 aliphatic carbocycles. The van der Waals surface area contributed by atoms with E-state index in [1.807, 2.05) is 6.92 Å². The molecule has 7 heteroatoms. The molecule has 0 aliphatic rings. The number of methoxy groups -OCH3 is 1. The summed E-state index contributed by atoms with van der Waals surface area (Å²) in [4.78, 5) is 14.8. The Labute approximate surface area is 119 Å². The van der Waals surface area contributed by atoms with Gasteiger partial charge in [0.15, 0.2) is 11.5 Å². The number of carboxylic acid groups (broad SMARTS) is 1. The van der Waals surface area contributed by atoms with Crippen LogP contribution in [-0.4, -0.2) is 37.6 Å². The Balaban J connectivity index is 2.86. The van der Waals surface area contributed by atoms with E-state index in [0.29, 0.717) is 28.1 Å². The summed E-state index contributed by atoms with van der Waals surface area (Å²) in [6.07, 6.45) is 1.39. The zero-order chi connectivity index (χ0) is 14.3. The van der Waals surface area contributed by atoms with Crippen molar-refractivity contribution in [1.29, 1.82) is 0 Å². The third-order valence-electron chi connectivity index (χ3n) is 2.00. The van der Waals surface area contributed by atoms with E-state index in [0.717, 1.165) is 0 Å². The Kier molecular flexibility index (Phi) is 6.14. The van der Waals surface area contributed by atoms with Gasteiger partial charge >= 0.3 is 5.97 Å². The van der Waals surface area contributed by atoms with E-state index >= 15 is 0 Å². The van der Waals surface area contributed by atoms with Gasteiger partial charge in [0, 0.05) is 5.56 Å². The maximum Gasteiger partial charge on any atom is 0.344 e. The molecule has 0 heterocycles. The van der Waals surface area contributed by atoms with Crippen LogP contribution in [0, 0.1) is 0 Å². The second-order valence-electron chi connectivity index (χ2n) is 3.37. The van der Waals surface area contributed by atoms with Crippen molar-refractivity contribution in [3.05, 3.63) is 22.2 Å². The number of nitrogens with zero attached hydrogens (tertiary/aromatic N) is 1. The van der Waals surface area contributed by atoms with Crippen LogP contribution in [0.2, 0.25) is 0 Å². The van der Waals surface area contributed by atoms with Gasteiger partial charge in [-0.25, -0.2) is 4.79 Å². The molecule has 0 amide bonds. The Morgan fingerprint density at radius 1 is 1.53 bits per heavy atom. The number of aliphatic carboxylic acids is 1. The summed E-state index contributed by atoms with van der Waals surface area (Å²) in [5.74, 6) is 0.0760. The van der Waals surface area contributed by atoms with Crippen LogP contribution in [0.15, 0.2) is 21.8 Å². The van der Waals surface area contributed by atoms with E-state index in [1.54, 1.807) is 12.1 Å². The summed E-state index contributed by atoms with van der Waals surface area (Å²) in [5.41, 5.74) is 0.692. The molecule has 104 valence electrons. The lowest BCUT2D eigenvalue weighted by atomic mass is 10.2. The van der Waals surface area contributed by atoms with Gasteiger partial charge in [0.05, 0.1) is 24.4 Å². The molecule has 0 atom stereocenters. The van der Waals surface area contributed by atoms with Crippen molar-refractivity contribution in [2.45, 2.75) is 6.92 Å². The number of rotatable bonds is 7. The first kappa shape index (κ1) is 15.3. The first-order chi connectivity index (χ1) is 9.08. The second-order valence-corrected chi connectivity index (χ2v) is 4.22. The van der Waals surface area contributed by atoms with E-state index in [2.05, 4.69) is 25.9 Å². The standard InChI is InChI=1S/C12H14BrNO5/c1-3-18-12-9(13)4-8(5-10(12)17-2)6-14-19-7-11(15)16/h4-6H,3,7H2,1-2H3,(H,15,16). The minimum absolute atomic E-state index is 0.480. The summed E-state index contributed by atoms with van der Waals surface area (Å²) in [6, 6.07) is 3.48. The van der Waals surface area contributed by atoms with E-state index < -0.39 is 12.6 Å². The lowest BCUT2D eigenvalue weighted by Crippen LogP contribution is -2.03. The summed E-state index contributed by atoms with van der Waals surface area (Å²) in [6.45, 7) is 1.91. The van der Waals surface area contributed by atoms with E-state index in [-0.39, 0.29) is 0 Å². The van der Waals surface area contributed by atoms with Gasteiger partial charge in [-0.3, -0.25) is 0 Å². The van der Waals surface area contributed by atoms with Crippen molar-refractivity contribution in [3.8, 4) is 11.5 Å². The van der Waals surface area contributed by atoms with E-state index in [4.69, 9.17) is 14.6 Å². The van der Waals surface area contributed by atoms with Crippen LogP contribution in [0.5, 0.6) is 11.5 Å². The molecule has 0 aromatic heterocycles. The summed E-state index contributed by atoms with van der Waals surface area (Å²) in [7, 11) is 1.53. The van der Waals surface area contributed by atoms with Crippen molar-refractivity contribution in [2.75, 3.05) is 20.3 Å². The van der Waals surface area contributed by atoms with Gasteiger partial charge in [-0.1, -0.05) is 5.16 Å². The van der Waals surface area contributed by atoms with Crippen LogP contribution in [0.4, 0.5) is 0 Å². The van der Waals surface area contributed by atoms with Crippen molar-refractivity contribution < 1.29 is 24.2 Å². The highest BCUT2D eigenvalue weighted by Gasteiger charge is 2.10. The van der Waals surface area contributed by atoms with E-state index in [9.17, 15) is 4.79 Å². The number of hydrogen-bond acceptors (Lipinski definition) is 5. The Morgan fingerprint density at radius 2 is 2.26 bits per heavy atom. The molecule has 1 aromatic carbocycles. The maximum absolute atomic E-state index is 10.2. The molecule has 1 N–H and O–H groups in total. The minimum Gasteiger partial charge on any atom is -0.493 e. The quantitative estimate of drug-likeness (QED) is 0.612. The number of ether oxygens (including phenoxy) is 2. The maximum atomic E-state index is 10.2. The monoisotopic (exact) mass is 331 g/mol. The second kappa shape index (κ2) is 7.63. The average Bonchev–Trinajstić information content (AvgIpc) is 2.37. The molecule has 0 unspecified atom stereocenters. The zero-order valence-corrected chi connectivity index (χ0v) is 12.1. The molecule has 1 aromatic rings. The molecule has 6 nitrogen and oxygen atoms in total. The Morgan fingerprint density at radius 3 is 2.84 bits per heavy atom. The number of halogens is 1. The lowest BCUT2D eigenvalue weighted by molar-refractivity contribution is -0.142. The molecule has 0 saturated heterocycles. The first-order valence-electron chi connectivity index (χ1n) is 5.46. The topological polar surface area (TPSA) is 77.4 Å². The zero-order valence-electron chi connectivity index (χ0n) is 10.6. The summed E-state index contributed by atoms with van der Waals surface area (Å²) >= 11 is 3.37. The number of carbonyl (C=O) groups is 1. The van der Waals surface area contributed by atoms with Crippen LogP contribution >= 0.6 is 15.9 Å². The molecule has 1 rings (SSSR count). The van der Waals surface area contributed by atoms with Gasteiger partial charge in [-0.2, -0.15) is 0 Å². The molecule has 0 aliphatic heterocycles. The van der Waals surface area contributed by atoms with Crippen LogP contribution in [0.3, 0.4) is 0 Å². The number of oxime groups is 1. The van der Waals surface area contributed by atoms with Crippen molar-refractivity contribution in [1.82, 2.24) is 0 Å². The fourth-order valence-corrected chi connectivity index (χ4v) is 1.86. The highest BCUT2D eigenvalue weighted by molar-refractivity contribution is 9.10. The third-order valence-corrected chi connectivity index (χ3v) is 2.59. The van der Waals surface area contributed by atoms with Crippen molar-refractivity contribution in [2.24, 2.45) is 5.16 Å². The molecule has 0 bridgehead atoms. The Hall–Kier alpha value is -1.76. The van der Waals surface area contributed by atoms with Gasteiger partial charge in [-0.05, 0) is 35.0 Å². The molecule has 0 radical (unpaired) electrons. The van der Waals surface area contributed by atoms with Crippen LogP contribution in [0.1, 0.15) is 12.5 Å². The van der Waals surface area contributed by atoms with Gasteiger partial charge in [0.2, 0.25) is 6.61 Å². The number of benzene rings is 1. The van der Waals surface area contributed by atoms with Crippen LogP contribution in [0.25, 0.3) is 0 Å². The summed E-state index contributed by atoms with van der Waals surface area (Å²) < 4.78 is 11.4. The highest BCUT2D eigenvalue weighted by Crippen LogP contribution is 2.36. The number of carboxylic acids is 1. The Bertz CT molecular complexity index is 475. The first-order valence-corrected chi connectivity index (χ1v) is 6.25. The van der Waals surface area contributed by atoms with Gasteiger partial charge in [-0.15, -0.1) is 0 Å². The molecule has 0 saturated carbocycles. The predicted octanol–water partition coefficient (Wildman–Crippen LogP) is 2.29. The lowest BCUT2D eigenvalue weighted by Gasteiger charge is -2.11. The van der Waals surface area contributed by atoms with Crippen LogP contribution < -0.4 is 9.47 Å². The molecular formula is C12H14BrNO5. The molecular weight excluding hydrogens is 318 g/mol. The SMILES string of the molecule is CCOc1c(Br)cc(C=NOCC(=O)O)cc1OC. The van der Waals surface area contributed by atoms with E-state index in [1.165, 1.54) is 13.3 Å². The van der Waals surface area contributed by atoms with Gasteiger partial charge in [0.25, 0.3) is 0 Å². The predicted molar refractivity (Wildman–Crippen MR) is 73.0 cm³/mol. The van der Waals surface area contributed by atoms with Gasteiger partial charge in [0.1, 0.15) is 0 Å². The number of hydrogen-bond donors (Lipinski definition) is 1. The highest BCUT2D eigenvalue weighted by atomic mass is 79.9. The molecule has 19 heavy (non-hydrogen) atoms. The average molecular weight is 332 g/mol. The smallest absolute Gasteiger partial charge is 0.344 e.